The first-order valence-corrected chi connectivity index (χ1v) is 7.87. The lowest BCUT2D eigenvalue weighted by Crippen LogP contribution is -2.33. The first-order chi connectivity index (χ1) is 11.2. The molecule has 0 aliphatic heterocycles. The zero-order chi connectivity index (χ0) is 16.5. The van der Waals surface area contributed by atoms with Crippen molar-refractivity contribution in [2.75, 3.05) is 11.9 Å². The number of carbonyl (C=O) groups excluding carboxylic acids is 2. The van der Waals surface area contributed by atoms with Crippen molar-refractivity contribution in [2.24, 2.45) is 0 Å². The quantitative estimate of drug-likeness (QED) is 0.826. The topological polar surface area (TPSA) is 58.2 Å². The molecule has 0 saturated heterocycles. The molecule has 0 atom stereocenters. The number of rotatable bonds is 7. The Morgan fingerprint density at radius 2 is 1.61 bits per heavy atom. The lowest BCUT2D eigenvalue weighted by Gasteiger charge is -2.10. The van der Waals surface area contributed by atoms with E-state index in [0.29, 0.717) is 12.8 Å². The van der Waals surface area contributed by atoms with Gasteiger partial charge in [-0.2, -0.15) is 0 Å². The Hall–Kier alpha value is -2.62. The van der Waals surface area contributed by atoms with E-state index in [1.807, 2.05) is 61.5 Å². The summed E-state index contributed by atoms with van der Waals surface area (Å²) in [6.07, 6.45) is 1.90. The van der Waals surface area contributed by atoms with Crippen LogP contribution in [0.1, 0.15) is 24.5 Å². The van der Waals surface area contributed by atoms with E-state index in [4.69, 9.17) is 0 Å². The number of nitrogens with one attached hydrogen (secondary N) is 2. The van der Waals surface area contributed by atoms with Gasteiger partial charge in [-0.3, -0.25) is 9.59 Å². The predicted octanol–water partition coefficient (Wildman–Crippen LogP) is 2.94. The molecule has 0 radical (unpaired) electrons. The minimum absolute atomic E-state index is 0.00826. The van der Waals surface area contributed by atoms with Crippen LogP contribution in [0.4, 0.5) is 5.69 Å². The normalized spacial score (nSPS) is 10.1. The molecular formula is C19H22N2O2. The number of amides is 2. The first-order valence-electron chi connectivity index (χ1n) is 7.87. The minimum Gasteiger partial charge on any atom is -0.347 e. The average molecular weight is 310 g/mol. The van der Waals surface area contributed by atoms with Crippen LogP contribution < -0.4 is 10.6 Å². The maximum Gasteiger partial charge on any atom is 0.243 e. The van der Waals surface area contributed by atoms with Crippen molar-refractivity contribution in [3.05, 3.63) is 65.7 Å². The zero-order valence-corrected chi connectivity index (χ0v) is 13.3. The SMILES string of the molecule is CCc1ccccc1NC(=O)CNC(=O)CCc1ccccc1. The molecule has 0 unspecified atom stereocenters. The van der Waals surface area contributed by atoms with Gasteiger partial charge < -0.3 is 10.6 Å². The molecule has 4 nitrogen and oxygen atoms in total. The van der Waals surface area contributed by atoms with Crippen LogP contribution in [0, 0.1) is 0 Å². The van der Waals surface area contributed by atoms with Crippen LogP contribution in [0.3, 0.4) is 0 Å². The molecule has 0 aliphatic rings. The van der Waals surface area contributed by atoms with Crippen LogP contribution in [-0.2, 0) is 22.4 Å². The second-order valence-corrected chi connectivity index (χ2v) is 5.32. The van der Waals surface area contributed by atoms with Gasteiger partial charge in [0.05, 0.1) is 6.54 Å². The maximum atomic E-state index is 11.9. The van der Waals surface area contributed by atoms with Gasteiger partial charge in [0.25, 0.3) is 0 Å². The van der Waals surface area contributed by atoms with E-state index >= 15 is 0 Å². The molecule has 0 heterocycles. The summed E-state index contributed by atoms with van der Waals surface area (Å²) in [4.78, 5) is 23.7. The van der Waals surface area contributed by atoms with Gasteiger partial charge in [-0.1, -0.05) is 55.5 Å². The molecule has 2 rings (SSSR count). The predicted molar refractivity (Wildman–Crippen MR) is 92.2 cm³/mol. The highest BCUT2D eigenvalue weighted by Gasteiger charge is 2.08. The Balaban J connectivity index is 1.74. The molecule has 2 aromatic carbocycles. The van der Waals surface area contributed by atoms with Crippen LogP contribution in [0.15, 0.2) is 54.6 Å². The van der Waals surface area contributed by atoms with Crippen molar-refractivity contribution in [2.45, 2.75) is 26.2 Å². The summed E-state index contributed by atoms with van der Waals surface area (Å²) in [7, 11) is 0. The van der Waals surface area contributed by atoms with Gasteiger partial charge in [0.15, 0.2) is 0 Å². The van der Waals surface area contributed by atoms with Gasteiger partial charge in [-0.05, 0) is 30.0 Å². The molecule has 2 amide bonds. The monoisotopic (exact) mass is 310 g/mol. The van der Waals surface area contributed by atoms with Crippen molar-refractivity contribution in [3.8, 4) is 0 Å². The smallest absolute Gasteiger partial charge is 0.243 e. The highest BCUT2D eigenvalue weighted by molar-refractivity contribution is 5.95. The molecule has 2 N–H and O–H groups in total. The third-order valence-corrected chi connectivity index (χ3v) is 3.60. The summed E-state index contributed by atoms with van der Waals surface area (Å²) < 4.78 is 0. The zero-order valence-electron chi connectivity index (χ0n) is 13.3. The standard InChI is InChI=1S/C19H22N2O2/c1-2-16-10-6-7-11-17(16)21-19(23)14-20-18(22)13-12-15-8-4-3-5-9-15/h3-11H,2,12-14H2,1H3,(H,20,22)(H,21,23). The highest BCUT2D eigenvalue weighted by atomic mass is 16.2. The summed E-state index contributed by atoms with van der Waals surface area (Å²) in [5.74, 6) is -0.327. The molecular weight excluding hydrogens is 288 g/mol. The fourth-order valence-corrected chi connectivity index (χ4v) is 2.31. The summed E-state index contributed by atoms with van der Waals surface area (Å²) in [5.41, 5.74) is 3.00. The van der Waals surface area contributed by atoms with Crippen molar-refractivity contribution >= 4 is 17.5 Å². The Morgan fingerprint density at radius 1 is 0.913 bits per heavy atom. The second kappa shape index (κ2) is 8.73. The third-order valence-electron chi connectivity index (χ3n) is 3.60. The Morgan fingerprint density at radius 3 is 2.35 bits per heavy atom. The van der Waals surface area contributed by atoms with Crippen molar-refractivity contribution in [3.63, 3.8) is 0 Å². The number of hydrogen-bond donors (Lipinski definition) is 2. The van der Waals surface area contributed by atoms with E-state index in [0.717, 1.165) is 23.2 Å². The van der Waals surface area contributed by atoms with Crippen molar-refractivity contribution in [1.29, 1.82) is 0 Å². The number of hydrogen-bond acceptors (Lipinski definition) is 2. The third kappa shape index (κ3) is 5.58. The van der Waals surface area contributed by atoms with E-state index in [2.05, 4.69) is 10.6 Å². The Kier molecular flexibility index (Phi) is 6.36. The van der Waals surface area contributed by atoms with E-state index in [1.54, 1.807) is 0 Å². The molecule has 23 heavy (non-hydrogen) atoms. The Labute approximate surface area is 136 Å². The number of aryl methyl sites for hydroxylation is 2. The van der Waals surface area contributed by atoms with Crippen LogP contribution >= 0.6 is 0 Å². The largest absolute Gasteiger partial charge is 0.347 e. The average Bonchev–Trinajstić information content (AvgIpc) is 2.59. The van der Waals surface area contributed by atoms with Gasteiger partial charge >= 0.3 is 0 Å². The molecule has 0 aromatic heterocycles. The van der Waals surface area contributed by atoms with E-state index in [1.165, 1.54) is 0 Å². The van der Waals surface area contributed by atoms with Crippen molar-refractivity contribution < 1.29 is 9.59 Å². The molecule has 0 saturated carbocycles. The molecule has 0 fully saturated rings. The second-order valence-electron chi connectivity index (χ2n) is 5.32. The van der Waals surface area contributed by atoms with E-state index in [9.17, 15) is 9.59 Å². The van der Waals surface area contributed by atoms with Gasteiger partial charge in [-0.15, -0.1) is 0 Å². The highest BCUT2D eigenvalue weighted by Crippen LogP contribution is 2.14. The number of para-hydroxylation sites is 1. The molecule has 4 heteroatoms. The lowest BCUT2D eigenvalue weighted by molar-refractivity contribution is -0.124. The molecule has 0 aliphatic carbocycles. The number of benzene rings is 2. The molecule has 0 spiro atoms. The summed E-state index contributed by atoms with van der Waals surface area (Å²) >= 11 is 0. The van der Waals surface area contributed by atoms with E-state index < -0.39 is 0 Å². The molecule has 0 bridgehead atoms. The van der Waals surface area contributed by atoms with Gasteiger partial charge in [0, 0.05) is 12.1 Å². The summed E-state index contributed by atoms with van der Waals surface area (Å²) in [5, 5.41) is 5.50. The van der Waals surface area contributed by atoms with Crippen molar-refractivity contribution in [1.82, 2.24) is 5.32 Å². The summed E-state index contributed by atoms with van der Waals surface area (Å²) in [6.45, 7) is 2.03. The maximum absolute atomic E-state index is 11.9. The number of anilines is 1. The van der Waals surface area contributed by atoms with Crippen LogP contribution in [0.5, 0.6) is 0 Å². The fourth-order valence-electron chi connectivity index (χ4n) is 2.31. The lowest BCUT2D eigenvalue weighted by atomic mass is 10.1. The molecule has 2 aromatic rings. The van der Waals surface area contributed by atoms with Gasteiger partial charge in [0.1, 0.15) is 0 Å². The van der Waals surface area contributed by atoms with Crippen LogP contribution in [0.25, 0.3) is 0 Å². The fraction of sp³-hybridized carbons (Fsp3) is 0.263. The van der Waals surface area contributed by atoms with Gasteiger partial charge in [-0.25, -0.2) is 0 Å². The first kappa shape index (κ1) is 16.7. The Bertz CT molecular complexity index is 653. The van der Waals surface area contributed by atoms with Gasteiger partial charge in [0.2, 0.25) is 11.8 Å². The minimum atomic E-state index is -0.209. The van der Waals surface area contributed by atoms with E-state index in [-0.39, 0.29) is 18.4 Å². The molecule has 120 valence electrons. The summed E-state index contributed by atoms with van der Waals surface area (Å²) in [6, 6.07) is 17.5. The van der Waals surface area contributed by atoms with Crippen LogP contribution in [-0.4, -0.2) is 18.4 Å². The number of carbonyl (C=O) groups is 2. The van der Waals surface area contributed by atoms with Crippen LogP contribution in [0.2, 0.25) is 0 Å².